The minimum atomic E-state index is -3.51. The van der Waals surface area contributed by atoms with Crippen LogP contribution in [0.1, 0.15) is 37.3 Å². The Bertz CT molecular complexity index is 909. The number of carbonyl (C=O) groups is 2. The normalized spacial score (nSPS) is 23.5. The van der Waals surface area contributed by atoms with E-state index in [1.165, 1.54) is 14.8 Å². The van der Waals surface area contributed by atoms with Gasteiger partial charge in [0.2, 0.25) is 10.0 Å². The number of amides is 3. The van der Waals surface area contributed by atoms with Crippen LogP contribution in [0.3, 0.4) is 0 Å². The van der Waals surface area contributed by atoms with Gasteiger partial charge in [0.25, 0.3) is 5.91 Å². The largest absolute Gasteiger partial charge is 0.329 e. The number of nitrogens with zero attached hydrogens (tertiary/aromatic N) is 2. The number of carbonyl (C=O) groups excluding carboxylic acids is 2. The SMILES string of the molecule is CCC[C@H]1NC(=O)N(C[NH+]2CCN(S(=O)(=O)c3ccc4c(c3)CCC4)CC2)C1=O. The van der Waals surface area contributed by atoms with Crippen LogP contribution < -0.4 is 10.2 Å². The zero-order valence-corrected chi connectivity index (χ0v) is 17.6. The van der Waals surface area contributed by atoms with Crippen molar-refractivity contribution < 1.29 is 22.9 Å². The van der Waals surface area contributed by atoms with Gasteiger partial charge in [0.15, 0.2) is 6.67 Å². The maximum absolute atomic E-state index is 13.0. The summed E-state index contributed by atoms with van der Waals surface area (Å²) in [7, 11) is -3.51. The highest BCUT2D eigenvalue weighted by Gasteiger charge is 2.40. The summed E-state index contributed by atoms with van der Waals surface area (Å²) in [4.78, 5) is 27.2. The number of hydrogen-bond acceptors (Lipinski definition) is 4. The molecule has 8 nitrogen and oxygen atoms in total. The summed E-state index contributed by atoms with van der Waals surface area (Å²) in [6.07, 6.45) is 4.53. The second-order valence-electron chi connectivity index (χ2n) is 8.15. The van der Waals surface area contributed by atoms with Gasteiger partial charge in [-0.15, -0.1) is 0 Å². The Kier molecular flexibility index (Phi) is 5.63. The highest BCUT2D eigenvalue weighted by atomic mass is 32.2. The van der Waals surface area contributed by atoms with Crippen LogP contribution in [0.2, 0.25) is 0 Å². The number of nitrogens with one attached hydrogen (secondary N) is 2. The van der Waals surface area contributed by atoms with E-state index in [0.29, 0.717) is 37.5 Å². The average Bonchev–Trinajstić information content (AvgIpc) is 3.28. The number of sulfonamides is 1. The van der Waals surface area contributed by atoms with E-state index in [-0.39, 0.29) is 18.6 Å². The smallest absolute Gasteiger partial charge is 0.326 e. The molecule has 1 atom stereocenters. The van der Waals surface area contributed by atoms with Crippen LogP contribution in [0.5, 0.6) is 0 Å². The summed E-state index contributed by atoms with van der Waals surface area (Å²) in [5.41, 5.74) is 2.41. The number of imide groups is 1. The van der Waals surface area contributed by atoms with Gasteiger partial charge in [-0.3, -0.25) is 4.79 Å². The second kappa shape index (κ2) is 8.04. The Morgan fingerprint density at radius 1 is 1.14 bits per heavy atom. The molecule has 2 fully saturated rings. The lowest BCUT2D eigenvalue weighted by atomic mass is 10.1. The number of urea groups is 1. The fraction of sp³-hybridized carbons (Fsp3) is 0.600. The number of hydrogen-bond donors (Lipinski definition) is 2. The molecule has 0 bridgehead atoms. The fourth-order valence-electron chi connectivity index (χ4n) is 4.49. The van der Waals surface area contributed by atoms with Crippen LogP contribution >= 0.6 is 0 Å². The Morgan fingerprint density at radius 2 is 1.86 bits per heavy atom. The van der Waals surface area contributed by atoms with Crippen LogP contribution in [-0.4, -0.2) is 68.5 Å². The van der Waals surface area contributed by atoms with E-state index in [1.54, 1.807) is 6.07 Å². The van der Waals surface area contributed by atoms with E-state index in [2.05, 4.69) is 5.32 Å². The first-order valence-corrected chi connectivity index (χ1v) is 11.9. The maximum atomic E-state index is 13.0. The van der Waals surface area contributed by atoms with Crippen molar-refractivity contribution in [2.75, 3.05) is 32.8 Å². The minimum Gasteiger partial charge on any atom is -0.326 e. The zero-order chi connectivity index (χ0) is 20.6. The van der Waals surface area contributed by atoms with Crippen molar-refractivity contribution in [3.63, 3.8) is 0 Å². The van der Waals surface area contributed by atoms with Gasteiger partial charge in [-0.1, -0.05) is 19.4 Å². The molecule has 2 N–H and O–H groups in total. The summed E-state index contributed by atoms with van der Waals surface area (Å²) in [5.74, 6) is -0.169. The summed E-state index contributed by atoms with van der Waals surface area (Å²) in [5, 5.41) is 2.74. The molecule has 0 aromatic heterocycles. The molecule has 2 heterocycles. The van der Waals surface area contributed by atoms with Crippen molar-refractivity contribution in [3.05, 3.63) is 29.3 Å². The second-order valence-corrected chi connectivity index (χ2v) is 10.1. The minimum absolute atomic E-state index is 0.169. The van der Waals surface area contributed by atoms with E-state index < -0.39 is 16.1 Å². The quantitative estimate of drug-likeness (QED) is 0.620. The molecular formula is C20H29N4O4S+. The lowest BCUT2D eigenvalue weighted by Crippen LogP contribution is -3.16. The molecule has 4 rings (SSSR count). The van der Waals surface area contributed by atoms with Gasteiger partial charge in [0, 0.05) is 0 Å². The predicted molar refractivity (Wildman–Crippen MR) is 107 cm³/mol. The monoisotopic (exact) mass is 421 g/mol. The number of rotatable bonds is 6. The first-order chi connectivity index (χ1) is 13.9. The molecule has 0 unspecified atom stereocenters. The molecule has 2 saturated heterocycles. The molecule has 1 aliphatic carbocycles. The first kappa shape index (κ1) is 20.3. The van der Waals surface area contributed by atoms with Gasteiger partial charge in [-0.25, -0.2) is 18.1 Å². The van der Waals surface area contributed by atoms with Crippen molar-refractivity contribution in [2.24, 2.45) is 0 Å². The third kappa shape index (κ3) is 3.91. The van der Waals surface area contributed by atoms with E-state index in [4.69, 9.17) is 0 Å². The van der Waals surface area contributed by atoms with Crippen LogP contribution in [0, 0.1) is 0 Å². The number of aryl methyl sites for hydroxylation is 2. The molecule has 3 amide bonds. The molecule has 0 radical (unpaired) electrons. The molecule has 0 spiro atoms. The first-order valence-electron chi connectivity index (χ1n) is 10.5. The fourth-order valence-corrected chi connectivity index (χ4v) is 5.99. The van der Waals surface area contributed by atoms with E-state index in [0.717, 1.165) is 36.1 Å². The van der Waals surface area contributed by atoms with Crippen molar-refractivity contribution in [1.82, 2.24) is 14.5 Å². The van der Waals surface area contributed by atoms with E-state index >= 15 is 0 Å². The maximum Gasteiger partial charge on any atom is 0.329 e. The van der Waals surface area contributed by atoms with Gasteiger partial charge in [0.05, 0.1) is 31.1 Å². The van der Waals surface area contributed by atoms with Gasteiger partial charge in [-0.2, -0.15) is 4.31 Å². The summed E-state index contributed by atoms with van der Waals surface area (Å²) >= 11 is 0. The number of fused-ring (bicyclic) bond motifs is 1. The standard InChI is InChI=1S/C20H28N4O4S/c1-2-4-18-19(25)24(20(26)21-18)14-22-9-11-23(12-10-22)29(27,28)17-8-7-15-5-3-6-16(15)13-17/h7-8,13,18H,2-6,9-12,14H2,1H3,(H,21,26)/p+1/t18-/m1/s1. The van der Waals surface area contributed by atoms with E-state index in [1.807, 2.05) is 19.1 Å². The molecule has 1 aromatic carbocycles. The third-order valence-corrected chi connectivity index (χ3v) is 8.10. The molecule has 1 aromatic rings. The van der Waals surface area contributed by atoms with Gasteiger partial charge >= 0.3 is 6.03 Å². The van der Waals surface area contributed by atoms with Crippen molar-refractivity contribution in [3.8, 4) is 0 Å². The van der Waals surface area contributed by atoms with Crippen molar-refractivity contribution in [1.29, 1.82) is 0 Å². The molecular weight excluding hydrogens is 392 g/mol. The number of quaternary nitrogens is 1. The number of piperazine rings is 1. The molecule has 158 valence electrons. The molecule has 0 saturated carbocycles. The molecule has 2 aliphatic heterocycles. The van der Waals surface area contributed by atoms with Gasteiger partial charge in [0.1, 0.15) is 6.04 Å². The van der Waals surface area contributed by atoms with Crippen LogP contribution in [0.4, 0.5) is 4.79 Å². The third-order valence-electron chi connectivity index (χ3n) is 6.20. The lowest BCUT2D eigenvalue weighted by molar-refractivity contribution is -0.910. The van der Waals surface area contributed by atoms with Gasteiger partial charge in [-0.05, 0) is 48.9 Å². The summed E-state index contributed by atoms with van der Waals surface area (Å²) in [6, 6.07) is 4.74. The Morgan fingerprint density at radius 3 is 2.59 bits per heavy atom. The number of benzene rings is 1. The lowest BCUT2D eigenvalue weighted by Gasteiger charge is -2.32. The zero-order valence-electron chi connectivity index (χ0n) is 16.8. The summed E-state index contributed by atoms with van der Waals surface area (Å²) in [6.45, 7) is 4.18. The molecule has 29 heavy (non-hydrogen) atoms. The Balaban J connectivity index is 1.37. The summed E-state index contributed by atoms with van der Waals surface area (Å²) < 4.78 is 27.6. The van der Waals surface area contributed by atoms with Crippen molar-refractivity contribution in [2.45, 2.75) is 50.0 Å². The highest BCUT2D eigenvalue weighted by Crippen LogP contribution is 2.26. The van der Waals surface area contributed by atoms with Crippen molar-refractivity contribution >= 4 is 22.0 Å². The molecule has 3 aliphatic rings. The Hall–Kier alpha value is -1.97. The topological polar surface area (TPSA) is 91.2 Å². The average molecular weight is 422 g/mol. The highest BCUT2D eigenvalue weighted by molar-refractivity contribution is 7.89. The van der Waals surface area contributed by atoms with Crippen LogP contribution in [-0.2, 0) is 27.7 Å². The Labute approximate surface area is 171 Å². The predicted octanol–water partition coefficient (Wildman–Crippen LogP) is -0.257. The van der Waals surface area contributed by atoms with Gasteiger partial charge < -0.3 is 10.2 Å². The van der Waals surface area contributed by atoms with Crippen LogP contribution in [0.25, 0.3) is 0 Å². The van der Waals surface area contributed by atoms with Crippen LogP contribution in [0.15, 0.2) is 23.1 Å². The molecule has 9 heteroatoms. The van der Waals surface area contributed by atoms with E-state index in [9.17, 15) is 18.0 Å².